The minimum absolute atomic E-state index is 0.169. The summed E-state index contributed by atoms with van der Waals surface area (Å²) in [7, 11) is 0. The van der Waals surface area contributed by atoms with Crippen LogP contribution in [0.25, 0.3) is 0 Å². The van der Waals surface area contributed by atoms with Crippen LogP contribution in [-0.4, -0.2) is 41.6 Å². The predicted octanol–water partition coefficient (Wildman–Crippen LogP) is 2.31. The molecule has 0 aromatic heterocycles. The number of carboxylic acids is 1. The molecule has 0 unspecified atom stereocenters. The van der Waals surface area contributed by atoms with Gasteiger partial charge < -0.3 is 15.3 Å². The van der Waals surface area contributed by atoms with Crippen molar-refractivity contribution < 1.29 is 14.7 Å². The first-order valence-corrected chi connectivity index (χ1v) is 6.65. The molecule has 2 N–H and O–H groups in total. The molecule has 1 rings (SSSR count). The van der Waals surface area contributed by atoms with Crippen molar-refractivity contribution in [3.8, 4) is 0 Å². The fourth-order valence-corrected chi connectivity index (χ4v) is 1.79. The number of hydrogen-bond acceptors (Lipinski definition) is 2. The maximum absolute atomic E-state index is 11.9. The van der Waals surface area contributed by atoms with E-state index < -0.39 is 5.97 Å². The molecule has 0 aliphatic rings. The average Bonchev–Trinajstić information content (AvgIpc) is 2.47. The second-order valence-corrected chi connectivity index (χ2v) is 4.47. The number of nitrogens with zero attached hydrogens (tertiary/aromatic N) is 1. The Morgan fingerprint density at radius 3 is 2.19 bits per heavy atom. The summed E-state index contributed by atoms with van der Waals surface area (Å²) < 4.78 is 0. The largest absolute Gasteiger partial charge is 0.478 e. The van der Waals surface area contributed by atoms with Gasteiger partial charge >= 0.3 is 12.0 Å². The first-order chi connectivity index (χ1) is 10.1. The Labute approximate surface area is 124 Å². The molecule has 0 heterocycles. The number of carbonyl (C=O) groups excluding carboxylic acids is 1. The Bertz CT molecular complexity index is 499. The maximum atomic E-state index is 11.9. The molecular formula is C16H20N2O3. The standard InChI is InChI=1S/C16H20N2O3/c1-3-11-18(12-4-2)16(21)17-10-9-13-5-7-14(8-6-13)15(19)20/h3-8H,1-2,9-12H2,(H,17,21)(H,19,20). The van der Waals surface area contributed by atoms with E-state index in [2.05, 4.69) is 18.5 Å². The number of urea groups is 1. The van der Waals surface area contributed by atoms with Crippen LogP contribution < -0.4 is 5.32 Å². The smallest absolute Gasteiger partial charge is 0.335 e. The molecule has 112 valence electrons. The maximum Gasteiger partial charge on any atom is 0.335 e. The normalized spacial score (nSPS) is 9.71. The van der Waals surface area contributed by atoms with Gasteiger partial charge in [-0.2, -0.15) is 0 Å². The summed E-state index contributed by atoms with van der Waals surface area (Å²) in [5.41, 5.74) is 1.23. The highest BCUT2D eigenvalue weighted by atomic mass is 16.4. The van der Waals surface area contributed by atoms with E-state index in [9.17, 15) is 9.59 Å². The van der Waals surface area contributed by atoms with E-state index in [4.69, 9.17) is 5.11 Å². The molecular weight excluding hydrogens is 268 g/mol. The van der Waals surface area contributed by atoms with Crippen molar-refractivity contribution in [2.45, 2.75) is 6.42 Å². The fourth-order valence-electron chi connectivity index (χ4n) is 1.79. The first-order valence-electron chi connectivity index (χ1n) is 6.65. The van der Waals surface area contributed by atoms with Gasteiger partial charge in [0, 0.05) is 19.6 Å². The number of hydrogen-bond donors (Lipinski definition) is 2. The van der Waals surface area contributed by atoms with Crippen LogP contribution in [0.3, 0.4) is 0 Å². The van der Waals surface area contributed by atoms with Crippen LogP contribution >= 0.6 is 0 Å². The van der Waals surface area contributed by atoms with Crippen LogP contribution in [0.15, 0.2) is 49.6 Å². The number of amides is 2. The lowest BCUT2D eigenvalue weighted by atomic mass is 10.1. The zero-order valence-electron chi connectivity index (χ0n) is 11.9. The third-order valence-corrected chi connectivity index (χ3v) is 2.88. The Hall–Kier alpha value is -2.56. The van der Waals surface area contributed by atoms with E-state index in [1.165, 1.54) is 0 Å². The van der Waals surface area contributed by atoms with Gasteiger partial charge in [0.1, 0.15) is 0 Å². The average molecular weight is 288 g/mol. The summed E-state index contributed by atoms with van der Waals surface area (Å²) >= 11 is 0. The van der Waals surface area contributed by atoms with Crippen molar-refractivity contribution in [1.29, 1.82) is 0 Å². The van der Waals surface area contributed by atoms with Gasteiger partial charge in [-0.05, 0) is 24.1 Å². The molecule has 5 heteroatoms. The molecule has 0 aliphatic carbocycles. The molecule has 0 atom stereocenters. The molecule has 0 saturated heterocycles. The van der Waals surface area contributed by atoms with E-state index in [0.717, 1.165) is 5.56 Å². The molecule has 5 nitrogen and oxygen atoms in total. The highest BCUT2D eigenvalue weighted by Crippen LogP contribution is 2.05. The molecule has 0 spiro atoms. The summed E-state index contributed by atoms with van der Waals surface area (Å²) in [5.74, 6) is -0.945. The minimum atomic E-state index is -0.945. The van der Waals surface area contributed by atoms with Crippen molar-refractivity contribution >= 4 is 12.0 Å². The monoisotopic (exact) mass is 288 g/mol. The summed E-state index contributed by atoms with van der Waals surface area (Å²) in [4.78, 5) is 24.2. The van der Waals surface area contributed by atoms with Gasteiger partial charge in [-0.3, -0.25) is 0 Å². The summed E-state index contributed by atoms with van der Waals surface area (Å²) in [6.07, 6.45) is 3.96. The third kappa shape index (κ3) is 5.52. The van der Waals surface area contributed by atoms with Crippen molar-refractivity contribution in [3.05, 3.63) is 60.7 Å². The highest BCUT2D eigenvalue weighted by molar-refractivity contribution is 5.87. The summed E-state index contributed by atoms with van der Waals surface area (Å²) in [6, 6.07) is 6.45. The van der Waals surface area contributed by atoms with Crippen LogP contribution in [0.4, 0.5) is 4.79 Å². The van der Waals surface area contributed by atoms with Crippen LogP contribution in [0.5, 0.6) is 0 Å². The zero-order chi connectivity index (χ0) is 15.7. The topological polar surface area (TPSA) is 69.6 Å². The Kier molecular flexibility index (Phi) is 6.74. The lowest BCUT2D eigenvalue weighted by Crippen LogP contribution is -2.40. The van der Waals surface area contributed by atoms with Gasteiger partial charge in [-0.15, -0.1) is 13.2 Å². The van der Waals surface area contributed by atoms with Gasteiger partial charge in [0.25, 0.3) is 0 Å². The number of aromatic carboxylic acids is 1. The molecule has 0 radical (unpaired) electrons. The molecule has 2 amide bonds. The molecule has 1 aromatic carbocycles. The SMILES string of the molecule is C=CCN(CC=C)C(=O)NCCc1ccc(C(=O)O)cc1. The summed E-state index contributed by atoms with van der Waals surface area (Å²) in [6.45, 7) is 8.63. The number of carbonyl (C=O) groups is 2. The van der Waals surface area contributed by atoms with Crippen LogP contribution in [0.2, 0.25) is 0 Å². The van der Waals surface area contributed by atoms with Crippen molar-refractivity contribution in [2.24, 2.45) is 0 Å². The molecule has 21 heavy (non-hydrogen) atoms. The van der Waals surface area contributed by atoms with E-state index in [0.29, 0.717) is 26.1 Å². The molecule has 0 aliphatic heterocycles. The molecule has 0 fully saturated rings. The van der Waals surface area contributed by atoms with E-state index in [1.54, 1.807) is 41.3 Å². The lowest BCUT2D eigenvalue weighted by Gasteiger charge is -2.19. The predicted molar refractivity (Wildman–Crippen MR) is 82.5 cm³/mol. The molecule has 1 aromatic rings. The number of nitrogens with one attached hydrogen (secondary N) is 1. The van der Waals surface area contributed by atoms with Gasteiger partial charge in [0.05, 0.1) is 5.56 Å². The summed E-state index contributed by atoms with van der Waals surface area (Å²) in [5, 5.41) is 11.6. The van der Waals surface area contributed by atoms with Gasteiger partial charge in [0.15, 0.2) is 0 Å². The quantitative estimate of drug-likeness (QED) is 0.721. The second kappa shape index (κ2) is 8.58. The van der Waals surface area contributed by atoms with Crippen LogP contribution in [0, 0.1) is 0 Å². The fraction of sp³-hybridized carbons (Fsp3) is 0.250. The van der Waals surface area contributed by atoms with Crippen molar-refractivity contribution in [3.63, 3.8) is 0 Å². The Balaban J connectivity index is 2.44. The van der Waals surface area contributed by atoms with E-state index in [-0.39, 0.29) is 11.6 Å². The van der Waals surface area contributed by atoms with Crippen LogP contribution in [-0.2, 0) is 6.42 Å². The lowest BCUT2D eigenvalue weighted by molar-refractivity contribution is 0.0697. The molecule has 0 bridgehead atoms. The Morgan fingerprint density at radius 1 is 1.14 bits per heavy atom. The van der Waals surface area contributed by atoms with Gasteiger partial charge in [0.2, 0.25) is 0 Å². The second-order valence-electron chi connectivity index (χ2n) is 4.47. The van der Waals surface area contributed by atoms with Crippen molar-refractivity contribution in [1.82, 2.24) is 10.2 Å². The number of benzene rings is 1. The number of carboxylic acid groups (broad SMARTS) is 1. The van der Waals surface area contributed by atoms with Gasteiger partial charge in [-0.1, -0.05) is 24.3 Å². The highest BCUT2D eigenvalue weighted by Gasteiger charge is 2.09. The van der Waals surface area contributed by atoms with E-state index in [1.807, 2.05) is 0 Å². The van der Waals surface area contributed by atoms with Crippen molar-refractivity contribution in [2.75, 3.05) is 19.6 Å². The Morgan fingerprint density at radius 2 is 1.71 bits per heavy atom. The molecule has 0 saturated carbocycles. The zero-order valence-corrected chi connectivity index (χ0v) is 11.9. The van der Waals surface area contributed by atoms with E-state index >= 15 is 0 Å². The van der Waals surface area contributed by atoms with Gasteiger partial charge in [-0.25, -0.2) is 9.59 Å². The third-order valence-electron chi connectivity index (χ3n) is 2.88. The minimum Gasteiger partial charge on any atom is -0.478 e. The first kappa shape index (κ1) is 16.5. The van der Waals surface area contributed by atoms with Crippen LogP contribution in [0.1, 0.15) is 15.9 Å². The number of rotatable bonds is 8.